The Balaban J connectivity index is 2.28. The Morgan fingerprint density at radius 3 is 2.17 bits per heavy atom. The molecule has 0 saturated heterocycles. The third-order valence-corrected chi connectivity index (χ3v) is 4.74. The minimum atomic E-state index is 1.05. The molecule has 0 aliphatic rings. The minimum Gasteiger partial charge on any atom is -0.235 e. The van der Waals surface area contributed by atoms with Crippen molar-refractivity contribution in [3.63, 3.8) is 0 Å². The molecule has 0 aliphatic carbocycles. The summed E-state index contributed by atoms with van der Waals surface area (Å²) in [6.45, 7) is 5.51. The monoisotopic (exact) mass is 341 g/mol. The van der Waals surface area contributed by atoms with Crippen molar-refractivity contribution in [1.82, 2.24) is 0 Å². The summed E-state index contributed by atoms with van der Waals surface area (Å²) in [6, 6.07) is 21.2. The van der Waals surface area contributed by atoms with E-state index < -0.39 is 0 Å². The second-order valence-electron chi connectivity index (χ2n) is 5.78. The predicted octanol–water partition coefficient (Wildman–Crippen LogP) is 6.13. The van der Waals surface area contributed by atoms with Gasteiger partial charge in [-0.2, -0.15) is 0 Å². The van der Waals surface area contributed by atoms with Crippen molar-refractivity contribution >= 4 is 28.3 Å². The third-order valence-electron chi connectivity index (χ3n) is 3.85. The standard InChI is InChI=1S/C21H28N2S/c1-3-5-6-13-18-23(20-16-11-8-12-17-20)21(24-4-2)22-19-14-9-7-10-15-19/h7-12,14-17H,3-6,13,18H2,1-2H3/p+1. The van der Waals surface area contributed by atoms with E-state index in [1.165, 1.54) is 36.5 Å². The normalized spacial score (nSPS) is 11.9. The predicted molar refractivity (Wildman–Crippen MR) is 109 cm³/mol. The van der Waals surface area contributed by atoms with Crippen LogP contribution in [0.1, 0.15) is 39.5 Å². The molecule has 0 spiro atoms. The van der Waals surface area contributed by atoms with Gasteiger partial charge in [0, 0.05) is 5.75 Å². The summed E-state index contributed by atoms with van der Waals surface area (Å²) in [5.74, 6) is 1.05. The molecule has 2 aromatic rings. The zero-order valence-electron chi connectivity index (χ0n) is 14.9. The van der Waals surface area contributed by atoms with Crippen LogP contribution in [-0.4, -0.2) is 22.0 Å². The molecule has 2 rings (SSSR count). The number of anilines is 1. The average molecular weight is 342 g/mol. The van der Waals surface area contributed by atoms with Gasteiger partial charge in [0.25, 0.3) is 0 Å². The number of nitrogens with one attached hydrogen (secondary N) is 1. The summed E-state index contributed by atoms with van der Waals surface area (Å²) in [5.41, 5.74) is 2.40. The van der Waals surface area contributed by atoms with Gasteiger partial charge in [-0.1, -0.05) is 63.1 Å². The fourth-order valence-electron chi connectivity index (χ4n) is 2.62. The molecule has 3 heteroatoms. The van der Waals surface area contributed by atoms with E-state index in [0.29, 0.717) is 0 Å². The van der Waals surface area contributed by atoms with Crippen LogP contribution in [0.15, 0.2) is 60.7 Å². The maximum absolute atomic E-state index is 3.62. The van der Waals surface area contributed by atoms with Gasteiger partial charge >= 0.3 is 5.17 Å². The Morgan fingerprint density at radius 1 is 0.875 bits per heavy atom. The van der Waals surface area contributed by atoms with Gasteiger partial charge in [0.2, 0.25) is 0 Å². The Labute approximate surface area is 151 Å². The number of para-hydroxylation sites is 2. The molecule has 2 aromatic carbocycles. The number of hydrogen-bond donors (Lipinski definition) is 1. The highest BCUT2D eigenvalue weighted by Crippen LogP contribution is 2.18. The number of hydrogen-bond acceptors (Lipinski definition) is 1. The Morgan fingerprint density at radius 2 is 1.54 bits per heavy atom. The van der Waals surface area contributed by atoms with Crippen LogP contribution >= 0.6 is 11.8 Å². The molecule has 128 valence electrons. The maximum atomic E-state index is 3.62. The van der Waals surface area contributed by atoms with Crippen LogP contribution in [0, 0.1) is 0 Å². The number of thioether (sulfide) groups is 1. The van der Waals surface area contributed by atoms with Gasteiger partial charge in [-0.3, -0.25) is 0 Å². The fourth-order valence-corrected chi connectivity index (χ4v) is 3.43. The minimum absolute atomic E-state index is 1.05. The second-order valence-corrected chi connectivity index (χ2v) is 7.03. The van der Waals surface area contributed by atoms with Crippen LogP contribution in [0.3, 0.4) is 0 Å². The van der Waals surface area contributed by atoms with Gasteiger partial charge in [0.05, 0.1) is 6.54 Å². The molecule has 0 aliphatic heterocycles. The van der Waals surface area contributed by atoms with Crippen LogP contribution in [0.2, 0.25) is 0 Å². The van der Waals surface area contributed by atoms with Gasteiger partial charge in [0.1, 0.15) is 11.4 Å². The van der Waals surface area contributed by atoms with E-state index >= 15 is 0 Å². The van der Waals surface area contributed by atoms with Gasteiger partial charge < -0.3 is 0 Å². The smallest absolute Gasteiger partial charge is 0.235 e. The summed E-state index contributed by atoms with van der Waals surface area (Å²) < 4.78 is 2.43. The van der Waals surface area contributed by atoms with Gasteiger partial charge in [-0.15, -0.1) is 0 Å². The zero-order valence-corrected chi connectivity index (χ0v) is 15.7. The number of benzene rings is 2. The van der Waals surface area contributed by atoms with E-state index in [1.54, 1.807) is 0 Å². The largest absolute Gasteiger partial charge is 0.316 e. The van der Waals surface area contributed by atoms with Crippen LogP contribution in [0.25, 0.3) is 0 Å². The van der Waals surface area contributed by atoms with Crippen LogP contribution in [0.5, 0.6) is 0 Å². The van der Waals surface area contributed by atoms with E-state index in [9.17, 15) is 0 Å². The molecule has 0 amide bonds. The first-order chi connectivity index (χ1) is 11.8. The number of amidine groups is 1. The summed E-state index contributed by atoms with van der Waals surface area (Å²) in [5, 5.41) is 4.84. The van der Waals surface area contributed by atoms with Gasteiger partial charge in [0.15, 0.2) is 0 Å². The van der Waals surface area contributed by atoms with E-state index in [4.69, 9.17) is 0 Å². The first-order valence-electron chi connectivity index (χ1n) is 8.99. The van der Waals surface area contributed by atoms with E-state index in [0.717, 1.165) is 18.0 Å². The highest BCUT2D eigenvalue weighted by atomic mass is 32.2. The van der Waals surface area contributed by atoms with Gasteiger partial charge in [-0.25, -0.2) is 9.89 Å². The third kappa shape index (κ3) is 6.04. The quantitative estimate of drug-likeness (QED) is 0.269. The van der Waals surface area contributed by atoms with Crippen molar-refractivity contribution in [3.8, 4) is 0 Å². The lowest BCUT2D eigenvalue weighted by molar-refractivity contribution is -0.438. The molecule has 1 N–H and O–H groups in total. The topological polar surface area (TPSA) is 15.0 Å². The van der Waals surface area contributed by atoms with Crippen molar-refractivity contribution in [2.24, 2.45) is 0 Å². The summed E-state index contributed by atoms with van der Waals surface area (Å²) in [4.78, 5) is 0. The maximum Gasteiger partial charge on any atom is 0.316 e. The molecule has 24 heavy (non-hydrogen) atoms. The lowest BCUT2D eigenvalue weighted by Crippen LogP contribution is -2.23. The second kappa shape index (κ2) is 10.9. The highest BCUT2D eigenvalue weighted by Gasteiger charge is 2.16. The summed E-state index contributed by atoms with van der Waals surface area (Å²) >= 11 is 1.87. The molecule has 0 unspecified atom stereocenters. The summed E-state index contributed by atoms with van der Waals surface area (Å²) in [7, 11) is 0. The summed E-state index contributed by atoms with van der Waals surface area (Å²) in [6.07, 6.45) is 5.08. The van der Waals surface area contributed by atoms with Crippen molar-refractivity contribution in [3.05, 3.63) is 60.7 Å². The molecular weight excluding hydrogens is 312 g/mol. The van der Waals surface area contributed by atoms with Crippen molar-refractivity contribution in [2.45, 2.75) is 39.5 Å². The highest BCUT2D eigenvalue weighted by molar-refractivity contribution is 8.13. The van der Waals surface area contributed by atoms with Crippen LogP contribution in [0.4, 0.5) is 11.4 Å². The Hall–Kier alpha value is -1.74. The molecule has 0 heterocycles. The number of nitrogens with zero attached hydrogens (tertiary/aromatic N) is 1. The SMILES string of the molecule is CCCCCC[N+](=C(Nc1ccccc1)SCC)c1ccccc1. The van der Waals surface area contributed by atoms with Gasteiger partial charge in [-0.05, 0) is 48.9 Å². The van der Waals surface area contributed by atoms with Crippen LogP contribution < -0.4 is 5.32 Å². The number of rotatable bonds is 8. The van der Waals surface area contributed by atoms with Crippen molar-refractivity contribution < 1.29 is 4.58 Å². The van der Waals surface area contributed by atoms with E-state index in [-0.39, 0.29) is 0 Å². The van der Waals surface area contributed by atoms with Crippen molar-refractivity contribution in [1.29, 1.82) is 0 Å². The molecule has 2 nitrogen and oxygen atoms in total. The Kier molecular flexibility index (Phi) is 8.47. The van der Waals surface area contributed by atoms with E-state index in [1.807, 2.05) is 11.8 Å². The first-order valence-corrected chi connectivity index (χ1v) is 9.98. The average Bonchev–Trinajstić information content (AvgIpc) is 2.63. The molecule has 0 fully saturated rings. The molecule has 0 atom stereocenters. The lowest BCUT2D eigenvalue weighted by atomic mass is 10.2. The van der Waals surface area contributed by atoms with E-state index in [2.05, 4.69) is 84.4 Å². The van der Waals surface area contributed by atoms with Crippen LogP contribution in [-0.2, 0) is 0 Å². The molecule has 0 aromatic heterocycles. The molecule has 0 bridgehead atoms. The molecule has 0 saturated carbocycles. The Bertz CT molecular complexity index is 608. The zero-order chi connectivity index (χ0) is 17.0. The number of unbranched alkanes of at least 4 members (excludes halogenated alkanes) is 3. The van der Waals surface area contributed by atoms with Crippen molar-refractivity contribution in [2.75, 3.05) is 17.6 Å². The first kappa shape index (κ1) is 18.6. The fraction of sp³-hybridized carbons (Fsp3) is 0.381. The lowest BCUT2D eigenvalue weighted by Gasteiger charge is -2.12. The molecular formula is C21H29N2S+. The molecule has 0 radical (unpaired) electrons.